The summed E-state index contributed by atoms with van der Waals surface area (Å²) in [6.07, 6.45) is 0.944. The van der Waals surface area contributed by atoms with E-state index in [2.05, 4.69) is 5.32 Å². The van der Waals surface area contributed by atoms with Crippen molar-refractivity contribution >= 4 is 29.2 Å². The molecule has 6 nitrogen and oxygen atoms in total. The molecule has 2 amide bonds. The lowest BCUT2D eigenvalue weighted by molar-refractivity contribution is -0.122. The molecule has 27 heavy (non-hydrogen) atoms. The number of hydrogen-bond acceptors (Lipinski definition) is 3. The molecule has 1 fully saturated rings. The van der Waals surface area contributed by atoms with E-state index in [1.807, 2.05) is 31.2 Å². The molecule has 0 spiro atoms. The van der Waals surface area contributed by atoms with Crippen molar-refractivity contribution in [3.05, 3.63) is 59.2 Å². The van der Waals surface area contributed by atoms with Crippen LogP contribution in [-0.2, 0) is 16.0 Å². The average Bonchev–Trinajstić information content (AvgIpc) is 3.05. The third-order valence-electron chi connectivity index (χ3n) is 4.90. The zero-order valence-electron chi connectivity index (χ0n) is 15.4. The van der Waals surface area contributed by atoms with Gasteiger partial charge in [0, 0.05) is 24.3 Å². The first-order chi connectivity index (χ1) is 12.9. The number of benzene rings is 2. The van der Waals surface area contributed by atoms with Crippen LogP contribution in [0.25, 0.3) is 0 Å². The first kappa shape index (κ1) is 18.6. The van der Waals surface area contributed by atoms with Gasteiger partial charge in [0.1, 0.15) is 0 Å². The number of amides is 2. The third kappa shape index (κ3) is 3.84. The molecule has 6 heteroatoms. The van der Waals surface area contributed by atoms with E-state index in [9.17, 15) is 14.4 Å². The highest BCUT2D eigenvalue weighted by Gasteiger charge is 2.36. The van der Waals surface area contributed by atoms with Gasteiger partial charge in [-0.1, -0.05) is 31.2 Å². The van der Waals surface area contributed by atoms with Gasteiger partial charge in [-0.3, -0.25) is 9.59 Å². The first-order valence-electron chi connectivity index (χ1n) is 8.93. The first-order valence-corrected chi connectivity index (χ1v) is 8.93. The van der Waals surface area contributed by atoms with E-state index in [1.54, 1.807) is 17.9 Å². The second-order valence-corrected chi connectivity index (χ2v) is 6.71. The fourth-order valence-corrected chi connectivity index (χ4v) is 3.31. The van der Waals surface area contributed by atoms with Gasteiger partial charge < -0.3 is 15.3 Å². The van der Waals surface area contributed by atoms with Gasteiger partial charge in [0.2, 0.25) is 11.8 Å². The molecule has 0 radical (unpaired) electrons. The number of carbonyl (C=O) groups excluding carboxylic acids is 2. The fraction of sp³-hybridized carbons (Fsp3) is 0.286. The Kier molecular flexibility index (Phi) is 5.26. The number of hydrogen-bond donors (Lipinski definition) is 2. The average molecular weight is 366 g/mol. The quantitative estimate of drug-likeness (QED) is 0.850. The minimum Gasteiger partial charge on any atom is -0.478 e. The molecule has 1 atom stereocenters. The Balaban J connectivity index is 1.77. The van der Waals surface area contributed by atoms with Crippen molar-refractivity contribution in [2.24, 2.45) is 5.92 Å². The van der Waals surface area contributed by atoms with Gasteiger partial charge in [0.15, 0.2) is 0 Å². The molecule has 1 aliphatic heterocycles. The van der Waals surface area contributed by atoms with Crippen LogP contribution in [0.2, 0.25) is 0 Å². The van der Waals surface area contributed by atoms with Gasteiger partial charge in [0.25, 0.3) is 0 Å². The molecular weight excluding hydrogens is 344 g/mol. The summed E-state index contributed by atoms with van der Waals surface area (Å²) < 4.78 is 0. The smallest absolute Gasteiger partial charge is 0.335 e. The maximum atomic E-state index is 12.7. The Hall–Kier alpha value is -3.15. The van der Waals surface area contributed by atoms with Crippen molar-refractivity contribution in [2.45, 2.75) is 26.7 Å². The van der Waals surface area contributed by atoms with E-state index >= 15 is 0 Å². The number of nitrogens with one attached hydrogen (secondary N) is 1. The van der Waals surface area contributed by atoms with Crippen LogP contribution >= 0.6 is 0 Å². The normalized spacial score (nSPS) is 16.4. The summed E-state index contributed by atoms with van der Waals surface area (Å²) in [5.41, 5.74) is 3.25. The van der Waals surface area contributed by atoms with Crippen molar-refractivity contribution in [3.8, 4) is 0 Å². The van der Waals surface area contributed by atoms with Crippen LogP contribution in [0.4, 0.5) is 11.4 Å². The maximum absolute atomic E-state index is 12.7. The van der Waals surface area contributed by atoms with Gasteiger partial charge >= 0.3 is 5.97 Å². The van der Waals surface area contributed by atoms with E-state index < -0.39 is 11.9 Å². The molecule has 1 unspecified atom stereocenters. The highest BCUT2D eigenvalue weighted by molar-refractivity contribution is 6.04. The molecule has 0 saturated carbocycles. The van der Waals surface area contributed by atoms with E-state index in [-0.39, 0.29) is 23.8 Å². The summed E-state index contributed by atoms with van der Waals surface area (Å²) in [6.45, 7) is 4.14. The number of anilines is 2. The fourth-order valence-electron chi connectivity index (χ4n) is 3.31. The number of aromatic carboxylic acids is 1. The number of carbonyl (C=O) groups is 3. The number of nitrogens with zero attached hydrogens (tertiary/aromatic N) is 1. The molecule has 3 rings (SSSR count). The zero-order chi connectivity index (χ0) is 19.6. The van der Waals surface area contributed by atoms with Gasteiger partial charge in [-0.05, 0) is 42.7 Å². The molecule has 2 aromatic carbocycles. The van der Waals surface area contributed by atoms with Crippen molar-refractivity contribution in [3.63, 3.8) is 0 Å². The number of para-hydroxylation sites is 1. The largest absolute Gasteiger partial charge is 0.478 e. The van der Waals surface area contributed by atoms with Crippen LogP contribution in [0.5, 0.6) is 0 Å². The standard InChI is InChI=1S/C21H22N2O4/c1-3-14-6-4-5-7-18(14)23-12-16(11-19(23)24)20(25)22-17-10-15(21(26)27)9-8-13(17)2/h4-10,16H,3,11-12H2,1-2H3,(H,22,25)(H,26,27). The zero-order valence-corrected chi connectivity index (χ0v) is 15.4. The molecule has 0 aliphatic carbocycles. The summed E-state index contributed by atoms with van der Waals surface area (Å²) in [5, 5.41) is 11.9. The monoisotopic (exact) mass is 366 g/mol. The van der Waals surface area contributed by atoms with Crippen LogP contribution in [0, 0.1) is 12.8 Å². The molecule has 2 aromatic rings. The van der Waals surface area contributed by atoms with Crippen LogP contribution in [0.3, 0.4) is 0 Å². The summed E-state index contributed by atoms with van der Waals surface area (Å²) in [7, 11) is 0. The molecule has 140 valence electrons. The molecule has 1 saturated heterocycles. The summed E-state index contributed by atoms with van der Waals surface area (Å²) >= 11 is 0. The Bertz CT molecular complexity index is 907. The lowest BCUT2D eigenvalue weighted by Crippen LogP contribution is -2.29. The molecule has 2 N–H and O–H groups in total. The van der Waals surface area contributed by atoms with Crippen LogP contribution in [0.15, 0.2) is 42.5 Å². The van der Waals surface area contributed by atoms with Crippen LogP contribution < -0.4 is 10.2 Å². The number of rotatable bonds is 5. The lowest BCUT2D eigenvalue weighted by Gasteiger charge is -2.20. The van der Waals surface area contributed by atoms with Crippen LogP contribution in [0.1, 0.15) is 34.8 Å². The molecule has 1 heterocycles. The minimum absolute atomic E-state index is 0.0768. The van der Waals surface area contributed by atoms with Crippen molar-refractivity contribution in [1.29, 1.82) is 0 Å². The van der Waals surface area contributed by atoms with Gasteiger partial charge in [-0.15, -0.1) is 0 Å². The van der Waals surface area contributed by atoms with Crippen molar-refractivity contribution in [1.82, 2.24) is 0 Å². The van der Waals surface area contributed by atoms with Crippen LogP contribution in [-0.4, -0.2) is 29.4 Å². The predicted molar refractivity (Wildman–Crippen MR) is 103 cm³/mol. The summed E-state index contributed by atoms with van der Waals surface area (Å²) in [6, 6.07) is 12.3. The second kappa shape index (κ2) is 7.61. The molecule has 0 bridgehead atoms. The van der Waals surface area contributed by atoms with Gasteiger partial charge in [-0.2, -0.15) is 0 Å². The number of carboxylic acids is 1. The van der Waals surface area contributed by atoms with Crippen molar-refractivity contribution in [2.75, 3.05) is 16.8 Å². The summed E-state index contributed by atoms with van der Waals surface area (Å²) in [5.74, 6) is -1.88. The van der Waals surface area contributed by atoms with E-state index in [4.69, 9.17) is 5.11 Å². The third-order valence-corrected chi connectivity index (χ3v) is 4.90. The highest BCUT2D eigenvalue weighted by atomic mass is 16.4. The molecule has 0 aromatic heterocycles. The van der Waals surface area contributed by atoms with Gasteiger partial charge in [0.05, 0.1) is 11.5 Å². The molecule has 1 aliphatic rings. The topological polar surface area (TPSA) is 86.7 Å². The Morgan fingerprint density at radius 2 is 1.96 bits per heavy atom. The Morgan fingerprint density at radius 3 is 2.67 bits per heavy atom. The lowest BCUT2D eigenvalue weighted by atomic mass is 10.1. The predicted octanol–water partition coefficient (Wildman–Crippen LogP) is 3.25. The highest BCUT2D eigenvalue weighted by Crippen LogP contribution is 2.29. The molecular formula is C21H22N2O4. The van der Waals surface area contributed by atoms with E-state index in [1.165, 1.54) is 12.1 Å². The minimum atomic E-state index is -1.05. The number of carboxylic acid groups (broad SMARTS) is 1. The number of aryl methyl sites for hydroxylation is 2. The Labute approximate surface area is 157 Å². The SMILES string of the molecule is CCc1ccccc1N1CC(C(=O)Nc2cc(C(=O)O)ccc2C)CC1=O. The van der Waals surface area contributed by atoms with Crippen molar-refractivity contribution < 1.29 is 19.5 Å². The van der Waals surface area contributed by atoms with E-state index in [0.717, 1.165) is 23.2 Å². The van der Waals surface area contributed by atoms with Gasteiger partial charge in [-0.25, -0.2) is 4.79 Å². The summed E-state index contributed by atoms with van der Waals surface area (Å²) in [4.78, 5) is 38.0. The second-order valence-electron chi connectivity index (χ2n) is 6.71. The Morgan fingerprint density at radius 1 is 1.22 bits per heavy atom. The van der Waals surface area contributed by atoms with E-state index in [0.29, 0.717) is 12.2 Å². The maximum Gasteiger partial charge on any atom is 0.335 e.